The summed E-state index contributed by atoms with van der Waals surface area (Å²) in [7, 11) is 0. The van der Waals surface area contributed by atoms with Crippen LogP contribution in [-0.4, -0.2) is 39.8 Å². The summed E-state index contributed by atoms with van der Waals surface area (Å²) in [4.78, 5) is 11.5. The van der Waals surface area contributed by atoms with Crippen LogP contribution in [-0.2, 0) is 16.0 Å². The lowest BCUT2D eigenvalue weighted by atomic mass is 10.4. The van der Waals surface area contributed by atoms with Crippen molar-refractivity contribution >= 4 is 11.6 Å². The van der Waals surface area contributed by atoms with E-state index in [4.69, 9.17) is 4.74 Å². The SMILES string of the molecule is CC(C)OCC(=O)NCCc1nnc2ccccn12. The monoisotopic (exact) mass is 262 g/mol. The van der Waals surface area contributed by atoms with Gasteiger partial charge >= 0.3 is 0 Å². The number of ether oxygens (including phenoxy) is 1. The van der Waals surface area contributed by atoms with Crippen molar-refractivity contribution in [2.45, 2.75) is 26.4 Å². The zero-order valence-corrected chi connectivity index (χ0v) is 11.2. The smallest absolute Gasteiger partial charge is 0.246 e. The number of aromatic nitrogens is 3. The molecule has 0 aliphatic heterocycles. The molecule has 0 bridgehead atoms. The summed E-state index contributed by atoms with van der Waals surface area (Å²) >= 11 is 0. The molecule has 0 atom stereocenters. The molecule has 2 aromatic rings. The maximum absolute atomic E-state index is 11.5. The predicted molar refractivity (Wildman–Crippen MR) is 70.8 cm³/mol. The molecule has 2 rings (SSSR count). The molecule has 0 aliphatic rings. The van der Waals surface area contributed by atoms with Gasteiger partial charge in [-0.25, -0.2) is 0 Å². The first kappa shape index (κ1) is 13.5. The summed E-state index contributed by atoms with van der Waals surface area (Å²) in [5.74, 6) is 0.725. The lowest BCUT2D eigenvalue weighted by Gasteiger charge is -2.07. The van der Waals surface area contributed by atoms with Crippen LogP contribution in [0.25, 0.3) is 5.65 Å². The van der Waals surface area contributed by atoms with Crippen LogP contribution in [0.15, 0.2) is 24.4 Å². The first-order chi connectivity index (χ1) is 9.16. The van der Waals surface area contributed by atoms with Crippen molar-refractivity contribution in [3.05, 3.63) is 30.2 Å². The molecule has 2 aromatic heterocycles. The van der Waals surface area contributed by atoms with Gasteiger partial charge in [0, 0.05) is 19.2 Å². The summed E-state index contributed by atoms with van der Waals surface area (Å²) in [5.41, 5.74) is 0.812. The number of pyridine rings is 1. The van der Waals surface area contributed by atoms with Crippen LogP contribution in [0.1, 0.15) is 19.7 Å². The van der Waals surface area contributed by atoms with Gasteiger partial charge in [-0.3, -0.25) is 9.20 Å². The molecule has 0 saturated heterocycles. The number of nitrogens with one attached hydrogen (secondary N) is 1. The molecule has 2 heterocycles. The Kier molecular flexibility index (Phi) is 4.46. The van der Waals surface area contributed by atoms with E-state index < -0.39 is 0 Å². The molecule has 6 nitrogen and oxygen atoms in total. The van der Waals surface area contributed by atoms with E-state index in [1.54, 1.807) is 0 Å². The van der Waals surface area contributed by atoms with Crippen LogP contribution in [0.4, 0.5) is 0 Å². The van der Waals surface area contributed by atoms with Crippen LogP contribution < -0.4 is 5.32 Å². The van der Waals surface area contributed by atoms with E-state index in [1.165, 1.54) is 0 Å². The van der Waals surface area contributed by atoms with Crippen LogP contribution in [0.5, 0.6) is 0 Å². The first-order valence-electron chi connectivity index (χ1n) is 6.34. The Morgan fingerprint density at radius 2 is 2.26 bits per heavy atom. The number of rotatable bonds is 6. The lowest BCUT2D eigenvalue weighted by molar-refractivity contribution is -0.127. The Morgan fingerprint density at radius 3 is 3.05 bits per heavy atom. The third kappa shape index (κ3) is 3.75. The van der Waals surface area contributed by atoms with E-state index >= 15 is 0 Å². The van der Waals surface area contributed by atoms with Gasteiger partial charge in [-0.15, -0.1) is 10.2 Å². The average molecular weight is 262 g/mol. The van der Waals surface area contributed by atoms with Crippen molar-refractivity contribution in [2.24, 2.45) is 0 Å². The van der Waals surface area contributed by atoms with Gasteiger partial charge in [0.25, 0.3) is 0 Å². The Hall–Kier alpha value is -1.95. The van der Waals surface area contributed by atoms with Crippen molar-refractivity contribution in [3.63, 3.8) is 0 Å². The minimum atomic E-state index is -0.109. The van der Waals surface area contributed by atoms with Crippen molar-refractivity contribution < 1.29 is 9.53 Å². The predicted octanol–water partition coefficient (Wildman–Crippen LogP) is 0.813. The number of fused-ring (bicyclic) bond motifs is 1. The average Bonchev–Trinajstić information content (AvgIpc) is 2.80. The fourth-order valence-electron chi connectivity index (χ4n) is 1.67. The third-order valence-corrected chi connectivity index (χ3v) is 2.60. The number of nitrogens with zero attached hydrogens (tertiary/aromatic N) is 3. The normalized spacial score (nSPS) is 11.1. The standard InChI is InChI=1S/C13H18N4O2/c1-10(2)19-9-13(18)14-7-6-12-16-15-11-5-3-4-8-17(11)12/h3-5,8,10H,6-7,9H2,1-2H3,(H,14,18). The molecule has 0 saturated carbocycles. The zero-order chi connectivity index (χ0) is 13.7. The van der Waals surface area contributed by atoms with Gasteiger partial charge < -0.3 is 10.1 Å². The van der Waals surface area contributed by atoms with Gasteiger partial charge in [0.05, 0.1) is 6.10 Å². The molecule has 0 fully saturated rings. The topological polar surface area (TPSA) is 68.5 Å². The summed E-state index contributed by atoms with van der Waals surface area (Å²) in [6.45, 7) is 4.42. The Bertz CT molecular complexity index is 550. The molecular weight excluding hydrogens is 244 g/mol. The molecule has 1 N–H and O–H groups in total. The van der Waals surface area contributed by atoms with E-state index in [0.717, 1.165) is 11.5 Å². The second-order valence-corrected chi connectivity index (χ2v) is 4.50. The molecular formula is C13H18N4O2. The molecule has 1 amide bonds. The highest BCUT2D eigenvalue weighted by Crippen LogP contribution is 2.02. The Morgan fingerprint density at radius 1 is 1.42 bits per heavy atom. The van der Waals surface area contributed by atoms with Crippen molar-refractivity contribution in [3.8, 4) is 0 Å². The molecule has 102 valence electrons. The fourth-order valence-corrected chi connectivity index (χ4v) is 1.67. The van der Waals surface area contributed by atoms with E-state index in [1.807, 2.05) is 42.6 Å². The largest absolute Gasteiger partial charge is 0.369 e. The second-order valence-electron chi connectivity index (χ2n) is 4.50. The highest BCUT2D eigenvalue weighted by molar-refractivity contribution is 5.77. The summed E-state index contributed by atoms with van der Waals surface area (Å²) in [6.07, 6.45) is 2.61. The van der Waals surface area contributed by atoms with E-state index in [-0.39, 0.29) is 18.6 Å². The number of hydrogen-bond acceptors (Lipinski definition) is 4. The molecule has 0 aromatic carbocycles. The Balaban J connectivity index is 1.81. The van der Waals surface area contributed by atoms with Crippen molar-refractivity contribution in [1.82, 2.24) is 19.9 Å². The van der Waals surface area contributed by atoms with Crippen LogP contribution >= 0.6 is 0 Å². The van der Waals surface area contributed by atoms with Gasteiger partial charge in [-0.1, -0.05) is 6.07 Å². The van der Waals surface area contributed by atoms with Gasteiger partial charge in [0.15, 0.2) is 5.65 Å². The highest BCUT2D eigenvalue weighted by atomic mass is 16.5. The Labute approximate surface area is 111 Å². The van der Waals surface area contributed by atoms with Gasteiger partial charge in [0.2, 0.25) is 5.91 Å². The van der Waals surface area contributed by atoms with Crippen molar-refractivity contribution in [2.75, 3.05) is 13.2 Å². The second kappa shape index (κ2) is 6.29. The van der Waals surface area contributed by atoms with Crippen LogP contribution in [0.2, 0.25) is 0 Å². The minimum Gasteiger partial charge on any atom is -0.369 e. The summed E-state index contributed by atoms with van der Waals surface area (Å²) in [5, 5.41) is 10.9. The van der Waals surface area contributed by atoms with E-state index in [2.05, 4.69) is 15.5 Å². The molecule has 19 heavy (non-hydrogen) atoms. The van der Waals surface area contributed by atoms with Gasteiger partial charge in [-0.05, 0) is 26.0 Å². The van der Waals surface area contributed by atoms with Crippen LogP contribution in [0.3, 0.4) is 0 Å². The summed E-state index contributed by atoms with van der Waals surface area (Å²) < 4.78 is 7.13. The maximum Gasteiger partial charge on any atom is 0.246 e. The zero-order valence-electron chi connectivity index (χ0n) is 11.2. The highest BCUT2D eigenvalue weighted by Gasteiger charge is 2.06. The first-order valence-corrected chi connectivity index (χ1v) is 6.34. The minimum absolute atomic E-state index is 0.0613. The fraction of sp³-hybridized carbons (Fsp3) is 0.462. The number of carbonyl (C=O) groups excluding carboxylic acids is 1. The van der Waals surface area contributed by atoms with Gasteiger partial charge in [0.1, 0.15) is 12.4 Å². The maximum atomic E-state index is 11.5. The summed E-state index contributed by atoms with van der Waals surface area (Å²) in [6, 6.07) is 5.74. The number of hydrogen-bond donors (Lipinski definition) is 1. The third-order valence-electron chi connectivity index (χ3n) is 2.60. The molecule has 0 unspecified atom stereocenters. The van der Waals surface area contributed by atoms with E-state index in [0.29, 0.717) is 13.0 Å². The number of amides is 1. The molecule has 6 heteroatoms. The molecule has 0 radical (unpaired) electrons. The number of carbonyl (C=O) groups is 1. The van der Waals surface area contributed by atoms with Crippen molar-refractivity contribution in [1.29, 1.82) is 0 Å². The lowest BCUT2D eigenvalue weighted by Crippen LogP contribution is -2.30. The van der Waals surface area contributed by atoms with E-state index in [9.17, 15) is 4.79 Å². The van der Waals surface area contributed by atoms with Gasteiger partial charge in [-0.2, -0.15) is 0 Å². The molecule has 0 spiro atoms. The molecule has 0 aliphatic carbocycles. The van der Waals surface area contributed by atoms with Crippen LogP contribution in [0, 0.1) is 0 Å². The quantitative estimate of drug-likeness (QED) is 0.836.